The number of hydrogen-bond acceptors (Lipinski definition) is 2. The van der Waals surface area contributed by atoms with Gasteiger partial charge in [-0.25, -0.2) is 0 Å². The summed E-state index contributed by atoms with van der Waals surface area (Å²) in [6.45, 7) is 3.60. The molecule has 1 heterocycles. The Bertz CT molecular complexity index is 360. The topological polar surface area (TPSA) is 20.3 Å². The number of nitrogens with zero attached hydrogens (tertiary/aromatic N) is 1. The summed E-state index contributed by atoms with van der Waals surface area (Å²) in [5.41, 5.74) is 1.21. The SMILES string of the molecule is CCN(Cc1ccccc1)C(=O)C1CCCS1. The third kappa shape index (κ3) is 3.25. The van der Waals surface area contributed by atoms with Crippen LogP contribution in [0, 0.1) is 0 Å². The third-order valence-electron chi connectivity index (χ3n) is 3.11. The van der Waals surface area contributed by atoms with Crippen LogP contribution in [-0.4, -0.2) is 28.4 Å². The quantitative estimate of drug-likeness (QED) is 0.817. The number of amides is 1. The lowest BCUT2D eigenvalue weighted by Crippen LogP contribution is -2.36. The van der Waals surface area contributed by atoms with E-state index in [2.05, 4.69) is 19.1 Å². The van der Waals surface area contributed by atoms with Gasteiger partial charge in [0.05, 0.1) is 5.25 Å². The lowest BCUT2D eigenvalue weighted by Gasteiger charge is -2.23. The van der Waals surface area contributed by atoms with Crippen molar-refractivity contribution in [2.45, 2.75) is 31.6 Å². The van der Waals surface area contributed by atoms with Crippen LogP contribution in [0.3, 0.4) is 0 Å². The largest absolute Gasteiger partial charge is 0.338 e. The molecule has 0 aromatic heterocycles. The molecule has 1 aromatic rings. The lowest BCUT2D eigenvalue weighted by atomic mass is 10.2. The van der Waals surface area contributed by atoms with Crippen molar-refractivity contribution in [2.24, 2.45) is 0 Å². The number of benzene rings is 1. The van der Waals surface area contributed by atoms with Crippen molar-refractivity contribution in [3.8, 4) is 0 Å². The average molecular weight is 249 g/mol. The molecule has 1 aliphatic heterocycles. The van der Waals surface area contributed by atoms with E-state index in [1.54, 1.807) is 0 Å². The standard InChI is InChI=1S/C14H19NOS/c1-2-15(11-12-7-4-3-5-8-12)14(16)13-9-6-10-17-13/h3-5,7-8,13H,2,6,9-11H2,1H3. The molecule has 1 aliphatic rings. The maximum atomic E-state index is 12.3. The molecule has 92 valence electrons. The first-order valence-electron chi connectivity index (χ1n) is 6.25. The molecule has 1 amide bonds. The van der Waals surface area contributed by atoms with Gasteiger partial charge in [0.15, 0.2) is 0 Å². The Labute approximate surface area is 107 Å². The molecule has 17 heavy (non-hydrogen) atoms. The van der Waals surface area contributed by atoms with Gasteiger partial charge in [0, 0.05) is 13.1 Å². The van der Waals surface area contributed by atoms with E-state index >= 15 is 0 Å². The van der Waals surface area contributed by atoms with Crippen molar-refractivity contribution in [1.82, 2.24) is 4.90 Å². The molecular formula is C14H19NOS. The highest BCUT2D eigenvalue weighted by Crippen LogP contribution is 2.28. The first-order valence-corrected chi connectivity index (χ1v) is 7.30. The molecular weight excluding hydrogens is 230 g/mol. The summed E-state index contributed by atoms with van der Waals surface area (Å²) in [4.78, 5) is 14.3. The fourth-order valence-electron chi connectivity index (χ4n) is 2.13. The summed E-state index contributed by atoms with van der Waals surface area (Å²) >= 11 is 1.81. The van der Waals surface area contributed by atoms with Gasteiger partial charge >= 0.3 is 0 Å². The van der Waals surface area contributed by atoms with Gasteiger partial charge in [-0.2, -0.15) is 0 Å². The smallest absolute Gasteiger partial charge is 0.235 e. The second-order valence-corrected chi connectivity index (χ2v) is 5.65. The second-order valence-electron chi connectivity index (χ2n) is 4.34. The Kier molecular flexibility index (Phi) is 4.49. The maximum Gasteiger partial charge on any atom is 0.235 e. The van der Waals surface area contributed by atoms with Crippen molar-refractivity contribution in [3.63, 3.8) is 0 Å². The fraction of sp³-hybridized carbons (Fsp3) is 0.500. The maximum absolute atomic E-state index is 12.3. The normalized spacial score (nSPS) is 19.2. The monoisotopic (exact) mass is 249 g/mol. The number of thioether (sulfide) groups is 1. The minimum Gasteiger partial charge on any atom is -0.338 e. The molecule has 0 radical (unpaired) electrons. The molecule has 0 spiro atoms. The minimum atomic E-state index is 0.207. The van der Waals surface area contributed by atoms with Gasteiger partial charge in [-0.15, -0.1) is 11.8 Å². The summed E-state index contributed by atoms with van der Waals surface area (Å²) in [5.74, 6) is 1.46. The number of carbonyl (C=O) groups excluding carboxylic acids is 1. The fourth-order valence-corrected chi connectivity index (χ4v) is 3.37. The van der Waals surface area contributed by atoms with Gasteiger partial charge in [-0.05, 0) is 31.1 Å². The predicted molar refractivity (Wildman–Crippen MR) is 73.0 cm³/mol. The predicted octanol–water partition coefficient (Wildman–Crippen LogP) is 2.93. The molecule has 1 aromatic carbocycles. The van der Waals surface area contributed by atoms with Crippen molar-refractivity contribution >= 4 is 17.7 Å². The molecule has 0 bridgehead atoms. The van der Waals surface area contributed by atoms with Crippen LogP contribution < -0.4 is 0 Å². The van der Waals surface area contributed by atoms with Crippen LogP contribution in [0.15, 0.2) is 30.3 Å². The van der Waals surface area contributed by atoms with E-state index in [0.29, 0.717) is 5.91 Å². The number of rotatable bonds is 4. The molecule has 3 heteroatoms. The van der Waals surface area contributed by atoms with Crippen molar-refractivity contribution in [2.75, 3.05) is 12.3 Å². The highest BCUT2D eigenvalue weighted by molar-refractivity contribution is 8.00. The Morgan fingerprint density at radius 3 is 2.76 bits per heavy atom. The third-order valence-corrected chi connectivity index (χ3v) is 4.48. The Morgan fingerprint density at radius 1 is 1.41 bits per heavy atom. The summed E-state index contributed by atoms with van der Waals surface area (Å²) in [6.07, 6.45) is 2.23. The van der Waals surface area contributed by atoms with E-state index in [4.69, 9.17) is 0 Å². The molecule has 0 N–H and O–H groups in total. The van der Waals surface area contributed by atoms with E-state index in [1.807, 2.05) is 34.9 Å². The van der Waals surface area contributed by atoms with Gasteiger partial charge in [0.2, 0.25) is 5.91 Å². The van der Waals surface area contributed by atoms with Crippen molar-refractivity contribution < 1.29 is 4.79 Å². The van der Waals surface area contributed by atoms with Gasteiger partial charge in [-0.3, -0.25) is 4.79 Å². The number of carbonyl (C=O) groups is 1. The zero-order chi connectivity index (χ0) is 12.1. The molecule has 1 fully saturated rings. The van der Waals surface area contributed by atoms with Crippen LogP contribution in [0.2, 0.25) is 0 Å². The lowest BCUT2D eigenvalue weighted by molar-refractivity contribution is -0.131. The van der Waals surface area contributed by atoms with Crippen LogP contribution in [-0.2, 0) is 11.3 Å². The Hall–Kier alpha value is -0.960. The van der Waals surface area contributed by atoms with E-state index < -0.39 is 0 Å². The average Bonchev–Trinajstić information content (AvgIpc) is 2.90. The van der Waals surface area contributed by atoms with Crippen LogP contribution >= 0.6 is 11.8 Å². The summed E-state index contributed by atoms with van der Waals surface area (Å²) < 4.78 is 0. The molecule has 0 saturated carbocycles. The second kappa shape index (κ2) is 6.10. The van der Waals surface area contributed by atoms with Crippen molar-refractivity contribution in [3.05, 3.63) is 35.9 Å². The molecule has 1 unspecified atom stereocenters. The zero-order valence-corrected chi connectivity index (χ0v) is 11.1. The van der Waals surface area contributed by atoms with E-state index in [9.17, 15) is 4.79 Å². The van der Waals surface area contributed by atoms with Gasteiger partial charge < -0.3 is 4.90 Å². The summed E-state index contributed by atoms with van der Waals surface area (Å²) in [6, 6.07) is 10.2. The Balaban J connectivity index is 1.98. The molecule has 0 aliphatic carbocycles. The zero-order valence-electron chi connectivity index (χ0n) is 10.3. The van der Waals surface area contributed by atoms with Gasteiger partial charge in [0.1, 0.15) is 0 Å². The highest BCUT2D eigenvalue weighted by Gasteiger charge is 2.27. The molecule has 2 rings (SSSR count). The number of hydrogen-bond donors (Lipinski definition) is 0. The van der Waals surface area contributed by atoms with E-state index in [0.717, 1.165) is 25.3 Å². The Morgan fingerprint density at radius 2 is 2.18 bits per heavy atom. The first-order chi connectivity index (χ1) is 8.31. The molecule has 1 saturated heterocycles. The van der Waals surface area contributed by atoms with Crippen molar-refractivity contribution in [1.29, 1.82) is 0 Å². The summed E-state index contributed by atoms with van der Waals surface area (Å²) in [7, 11) is 0. The van der Waals surface area contributed by atoms with Crippen LogP contribution in [0.4, 0.5) is 0 Å². The van der Waals surface area contributed by atoms with E-state index in [1.165, 1.54) is 12.0 Å². The highest BCUT2D eigenvalue weighted by atomic mass is 32.2. The molecule has 2 nitrogen and oxygen atoms in total. The molecule has 1 atom stereocenters. The van der Waals surface area contributed by atoms with Crippen LogP contribution in [0.5, 0.6) is 0 Å². The van der Waals surface area contributed by atoms with Crippen LogP contribution in [0.1, 0.15) is 25.3 Å². The summed E-state index contributed by atoms with van der Waals surface area (Å²) in [5, 5.41) is 0.207. The van der Waals surface area contributed by atoms with Gasteiger partial charge in [-0.1, -0.05) is 30.3 Å². The van der Waals surface area contributed by atoms with Crippen LogP contribution in [0.25, 0.3) is 0 Å². The minimum absolute atomic E-state index is 0.207. The van der Waals surface area contributed by atoms with E-state index in [-0.39, 0.29) is 5.25 Å². The van der Waals surface area contributed by atoms with Gasteiger partial charge in [0.25, 0.3) is 0 Å². The first kappa shape index (κ1) is 12.5.